The Labute approximate surface area is 232 Å². The van der Waals surface area contributed by atoms with Gasteiger partial charge in [-0.15, -0.1) is 0 Å². The number of benzene rings is 1. The maximum absolute atomic E-state index is 12.3. The van der Waals surface area contributed by atoms with E-state index in [2.05, 4.69) is 12.2 Å². The first-order chi connectivity index (χ1) is 18.5. The van der Waals surface area contributed by atoms with E-state index in [9.17, 15) is 14.9 Å². The van der Waals surface area contributed by atoms with Gasteiger partial charge in [0.25, 0.3) is 11.6 Å². The lowest BCUT2D eigenvalue weighted by molar-refractivity contribution is -0.384. The van der Waals surface area contributed by atoms with E-state index in [0.29, 0.717) is 12.3 Å². The Hall–Kier alpha value is -2.54. The second-order valence-corrected chi connectivity index (χ2v) is 10.4. The molecule has 0 aliphatic rings. The Morgan fingerprint density at radius 3 is 1.97 bits per heavy atom. The first-order valence-corrected chi connectivity index (χ1v) is 14.8. The molecule has 1 aromatic carbocycles. The fourth-order valence-corrected chi connectivity index (χ4v) is 4.58. The zero-order valence-electron chi connectivity index (χ0n) is 23.0. The number of ether oxygens (including phenoxy) is 1. The fraction of sp³-hybridized carbons (Fsp3) is 0.633. The highest BCUT2D eigenvalue weighted by molar-refractivity contribution is 6.32. The quantitative estimate of drug-likeness (QED) is 0.0897. The van der Waals surface area contributed by atoms with E-state index < -0.39 is 4.92 Å². The van der Waals surface area contributed by atoms with Gasteiger partial charge >= 0.3 is 0 Å². The van der Waals surface area contributed by atoms with E-state index in [1.165, 1.54) is 108 Å². The standard InChI is InChI=1S/C30H45ClN2O5/c1-2-3-4-5-6-7-8-9-10-11-12-13-14-15-16-17-22-32-30(34)28-21-19-26(38-28)24-37-29-23-25(33(35)36)18-20-27(29)31/h18-21,23H,2-17,22,24H2,1H3,(H,32,34). The molecule has 0 saturated heterocycles. The molecule has 0 radical (unpaired) electrons. The van der Waals surface area contributed by atoms with Crippen LogP contribution in [0.4, 0.5) is 5.69 Å². The highest BCUT2D eigenvalue weighted by Crippen LogP contribution is 2.29. The molecule has 0 spiro atoms. The largest absolute Gasteiger partial charge is 0.484 e. The summed E-state index contributed by atoms with van der Waals surface area (Å²) in [6.45, 7) is 2.89. The van der Waals surface area contributed by atoms with Gasteiger partial charge in [0.2, 0.25) is 0 Å². The molecule has 0 aliphatic heterocycles. The molecule has 7 nitrogen and oxygen atoms in total. The number of unbranched alkanes of at least 4 members (excludes halogenated alkanes) is 15. The number of rotatable bonds is 22. The Morgan fingerprint density at radius 2 is 1.42 bits per heavy atom. The number of amides is 1. The number of carbonyl (C=O) groups excluding carboxylic acids is 1. The SMILES string of the molecule is CCCCCCCCCCCCCCCCCCNC(=O)c1ccc(COc2cc([N+](=O)[O-])ccc2Cl)o1. The molecule has 212 valence electrons. The first-order valence-electron chi connectivity index (χ1n) is 14.4. The number of carbonyl (C=O) groups is 1. The van der Waals surface area contributed by atoms with Crippen LogP contribution in [-0.2, 0) is 6.61 Å². The lowest BCUT2D eigenvalue weighted by Gasteiger charge is -2.06. The van der Waals surface area contributed by atoms with Crippen molar-refractivity contribution in [1.82, 2.24) is 5.32 Å². The predicted molar refractivity (Wildman–Crippen MR) is 153 cm³/mol. The maximum atomic E-state index is 12.3. The van der Waals surface area contributed by atoms with Gasteiger partial charge in [-0.25, -0.2) is 0 Å². The summed E-state index contributed by atoms with van der Waals surface area (Å²) in [6.07, 6.45) is 21.1. The summed E-state index contributed by atoms with van der Waals surface area (Å²) in [4.78, 5) is 22.7. The van der Waals surface area contributed by atoms with Crippen molar-refractivity contribution in [2.24, 2.45) is 0 Å². The van der Waals surface area contributed by atoms with Gasteiger partial charge in [0.05, 0.1) is 16.0 Å². The van der Waals surface area contributed by atoms with Crippen molar-refractivity contribution in [3.63, 3.8) is 0 Å². The van der Waals surface area contributed by atoms with Gasteiger partial charge in [-0.05, 0) is 24.6 Å². The average molecular weight is 549 g/mol. The number of nitrogens with one attached hydrogen (secondary N) is 1. The molecule has 0 saturated carbocycles. The fourth-order valence-electron chi connectivity index (χ4n) is 4.40. The van der Waals surface area contributed by atoms with Crippen molar-refractivity contribution in [2.75, 3.05) is 6.54 Å². The monoisotopic (exact) mass is 548 g/mol. The Balaban J connectivity index is 1.46. The molecule has 38 heavy (non-hydrogen) atoms. The molecule has 0 unspecified atom stereocenters. The normalized spacial score (nSPS) is 11.0. The van der Waals surface area contributed by atoms with E-state index in [0.717, 1.165) is 12.8 Å². The van der Waals surface area contributed by atoms with Crippen LogP contribution < -0.4 is 10.1 Å². The van der Waals surface area contributed by atoms with Gasteiger partial charge in [0.15, 0.2) is 5.76 Å². The highest BCUT2D eigenvalue weighted by atomic mass is 35.5. The smallest absolute Gasteiger partial charge is 0.286 e. The summed E-state index contributed by atoms with van der Waals surface area (Å²) in [5, 5.41) is 14.1. The van der Waals surface area contributed by atoms with E-state index in [1.54, 1.807) is 12.1 Å². The van der Waals surface area contributed by atoms with Crippen molar-refractivity contribution in [1.29, 1.82) is 0 Å². The van der Waals surface area contributed by atoms with Gasteiger partial charge in [-0.3, -0.25) is 14.9 Å². The van der Waals surface area contributed by atoms with Gasteiger partial charge in [-0.1, -0.05) is 115 Å². The summed E-state index contributed by atoms with van der Waals surface area (Å²) in [5.41, 5.74) is -0.113. The van der Waals surface area contributed by atoms with E-state index in [-0.39, 0.29) is 34.7 Å². The number of halogens is 1. The summed E-state index contributed by atoms with van der Waals surface area (Å²) in [7, 11) is 0. The Bertz CT molecular complexity index is 946. The topological polar surface area (TPSA) is 94.6 Å². The molecule has 2 rings (SSSR count). The van der Waals surface area contributed by atoms with Gasteiger partial charge < -0.3 is 14.5 Å². The van der Waals surface area contributed by atoms with Crippen LogP contribution >= 0.6 is 11.6 Å². The predicted octanol–water partition coefficient (Wildman–Crippen LogP) is 9.41. The lowest BCUT2D eigenvalue weighted by atomic mass is 10.0. The van der Waals surface area contributed by atoms with Crippen LogP contribution in [0.1, 0.15) is 126 Å². The van der Waals surface area contributed by atoms with Crippen molar-refractivity contribution < 1.29 is 18.9 Å². The zero-order chi connectivity index (χ0) is 27.4. The van der Waals surface area contributed by atoms with E-state index >= 15 is 0 Å². The number of nitro benzene ring substituents is 1. The van der Waals surface area contributed by atoms with Crippen LogP contribution in [0.25, 0.3) is 0 Å². The maximum Gasteiger partial charge on any atom is 0.286 e. The molecule has 1 aromatic heterocycles. The van der Waals surface area contributed by atoms with Crippen LogP contribution in [0.2, 0.25) is 5.02 Å². The zero-order valence-corrected chi connectivity index (χ0v) is 23.7. The molecule has 0 aliphatic carbocycles. The van der Waals surface area contributed by atoms with Crippen LogP contribution in [0.3, 0.4) is 0 Å². The number of hydrogen-bond acceptors (Lipinski definition) is 5. The van der Waals surface area contributed by atoms with E-state index in [4.69, 9.17) is 20.8 Å². The molecule has 1 N–H and O–H groups in total. The molecule has 2 aromatic rings. The average Bonchev–Trinajstić information content (AvgIpc) is 3.39. The molecule has 0 bridgehead atoms. The highest BCUT2D eigenvalue weighted by Gasteiger charge is 2.14. The molecule has 1 amide bonds. The number of nitro groups is 1. The van der Waals surface area contributed by atoms with Crippen molar-refractivity contribution in [3.8, 4) is 5.75 Å². The molecule has 0 atom stereocenters. The summed E-state index contributed by atoms with van der Waals surface area (Å²) < 4.78 is 11.1. The first kappa shape index (κ1) is 31.7. The van der Waals surface area contributed by atoms with Crippen LogP contribution in [0.15, 0.2) is 34.7 Å². The van der Waals surface area contributed by atoms with E-state index in [1.807, 2.05) is 0 Å². The number of nitrogens with zero attached hydrogens (tertiary/aromatic N) is 1. The third-order valence-corrected chi connectivity index (χ3v) is 7.01. The van der Waals surface area contributed by atoms with Gasteiger partial charge in [-0.2, -0.15) is 0 Å². The van der Waals surface area contributed by atoms with Crippen molar-refractivity contribution >= 4 is 23.2 Å². The minimum absolute atomic E-state index is 0.00723. The third-order valence-electron chi connectivity index (χ3n) is 6.70. The van der Waals surface area contributed by atoms with Gasteiger partial charge in [0, 0.05) is 12.6 Å². The minimum Gasteiger partial charge on any atom is -0.484 e. The second-order valence-electron chi connectivity index (χ2n) is 9.99. The summed E-state index contributed by atoms with van der Waals surface area (Å²) in [6, 6.07) is 7.22. The second kappa shape index (κ2) is 19.5. The Morgan fingerprint density at radius 1 is 0.868 bits per heavy atom. The molecule has 0 fully saturated rings. The molecular weight excluding hydrogens is 504 g/mol. The molecule has 8 heteroatoms. The van der Waals surface area contributed by atoms with Gasteiger partial charge in [0.1, 0.15) is 18.1 Å². The minimum atomic E-state index is -0.516. The van der Waals surface area contributed by atoms with Crippen LogP contribution in [0.5, 0.6) is 5.75 Å². The summed E-state index contributed by atoms with van der Waals surface area (Å²) >= 11 is 6.04. The number of hydrogen-bond donors (Lipinski definition) is 1. The third kappa shape index (κ3) is 13.3. The molecule has 1 heterocycles. The van der Waals surface area contributed by atoms with Crippen molar-refractivity contribution in [2.45, 2.75) is 116 Å². The Kier molecular flexibility index (Phi) is 16.3. The van der Waals surface area contributed by atoms with Crippen molar-refractivity contribution in [3.05, 3.63) is 57.0 Å². The summed E-state index contributed by atoms with van der Waals surface area (Å²) in [5.74, 6) is 0.572. The lowest BCUT2D eigenvalue weighted by Crippen LogP contribution is -2.23. The molecular formula is C30H45ClN2O5. The number of furan rings is 1. The van der Waals surface area contributed by atoms with Crippen LogP contribution in [0, 0.1) is 10.1 Å². The number of non-ortho nitro benzene ring substituents is 1. The van der Waals surface area contributed by atoms with Crippen LogP contribution in [-0.4, -0.2) is 17.4 Å².